The minimum absolute atomic E-state index is 0.0554. The van der Waals surface area contributed by atoms with Crippen molar-refractivity contribution < 1.29 is 28.8 Å². The van der Waals surface area contributed by atoms with Crippen LogP contribution < -0.4 is 18.9 Å². The van der Waals surface area contributed by atoms with E-state index in [9.17, 15) is 9.90 Å². The first kappa shape index (κ1) is 22.6. The lowest BCUT2D eigenvalue weighted by molar-refractivity contribution is -0.151. The summed E-state index contributed by atoms with van der Waals surface area (Å²) in [6.45, 7) is 0.696. The number of aliphatic hydroxyl groups is 1. The van der Waals surface area contributed by atoms with Crippen LogP contribution in [0.1, 0.15) is 49.3 Å². The smallest absolute Gasteiger partial charge is 0.247 e. The molecule has 7 nitrogen and oxygen atoms in total. The lowest BCUT2D eigenvalue weighted by Crippen LogP contribution is -2.56. The van der Waals surface area contributed by atoms with Gasteiger partial charge in [-0.25, -0.2) is 0 Å². The number of methoxy groups -OCH3 is 2. The molecule has 0 aromatic heterocycles. The Kier molecular flexibility index (Phi) is 6.13. The van der Waals surface area contributed by atoms with Crippen LogP contribution >= 0.6 is 0 Å². The zero-order chi connectivity index (χ0) is 23.7. The molecule has 0 unspecified atom stereocenters. The first-order valence-corrected chi connectivity index (χ1v) is 11.8. The fourth-order valence-electron chi connectivity index (χ4n) is 5.66. The fraction of sp³-hybridized carbons (Fsp3) is 0.444. The van der Waals surface area contributed by atoms with E-state index < -0.39 is 5.60 Å². The molecule has 0 radical (unpaired) electrons. The second kappa shape index (κ2) is 9.22. The van der Waals surface area contributed by atoms with Crippen LogP contribution in [0.5, 0.6) is 23.0 Å². The zero-order valence-electron chi connectivity index (χ0n) is 19.7. The minimum Gasteiger partial charge on any atom is -0.497 e. The van der Waals surface area contributed by atoms with Crippen LogP contribution in [0.2, 0.25) is 0 Å². The van der Waals surface area contributed by atoms with Gasteiger partial charge < -0.3 is 29.0 Å². The van der Waals surface area contributed by atoms with Crippen LogP contribution in [0.4, 0.5) is 0 Å². The Morgan fingerprint density at radius 3 is 2.76 bits per heavy atom. The number of ether oxygens (including phenoxy) is 4. The molecule has 3 atom stereocenters. The van der Waals surface area contributed by atoms with Crippen molar-refractivity contribution in [1.82, 2.24) is 4.90 Å². The van der Waals surface area contributed by atoms with Gasteiger partial charge in [-0.1, -0.05) is 18.9 Å². The van der Waals surface area contributed by atoms with Gasteiger partial charge in [0.15, 0.2) is 11.5 Å². The number of hydrogen-bond donors (Lipinski definition) is 1. The van der Waals surface area contributed by atoms with Gasteiger partial charge in [0.1, 0.15) is 11.5 Å². The molecule has 1 aliphatic carbocycles. The average molecular weight is 466 g/mol. The largest absolute Gasteiger partial charge is 0.497 e. The second-order valence-electron chi connectivity index (χ2n) is 9.24. The Balaban J connectivity index is 1.48. The van der Waals surface area contributed by atoms with Crippen LogP contribution in [0.3, 0.4) is 0 Å². The third-order valence-electron chi connectivity index (χ3n) is 7.42. The van der Waals surface area contributed by atoms with Crippen LogP contribution in [0.25, 0.3) is 6.08 Å². The average Bonchev–Trinajstić information content (AvgIpc) is 3.34. The van der Waals surface area contributed by atoms with E-state index in [1.54, 1.807) is 26.4 Å². The number of nitrogens with zero attached hydrogens (tertiary/aromatic N) is 1. The van der Waals surface area contributed by atoms with E-state index in [4.69, 9.17) is 18.9 Å². The van der Waals surface area contributed by atoms with E-state index in [0.717, 1.165) is 36.8 Å². The van der Waals surface area contributed by atoms with Gasteiger partial charge in [0.05, 0.1) is 25.9 Å². The lowest BCUT2D eigenvalue weighted by atomic mass is 9.66. The number of benzene rings is 2. The summed E-state index contributed by atoms with van der Waals surface area (Å²) in [5, 5.41) is 11.5. The van der Waals surface area contributed by atoms with Crippen LogP contribution in [-0.4, -0.2) is 49.1 Å². The molecule has 180 valence electrons. The number of carbonyl (C=O) groups excluding carboxylic acids is 1. The molecule has 1 N–H and O–H groups in total. The summed E-state index contributed by atoms with van der Waals surface area (Å²) in [5.41, 5.74) is 0.992. The molecule has 2 fully saturated rings. The third kappa shape index (κ3) is 4.09. The number of carbonyl (C=O) groups is 1. The molecule has 0 spiro atoms. The van der Waals surface area contributed by atoms with E-state index in [1.807, 2.05) is 41.3 Å². The summed E-state index contributed by atoms with van der Waals surface area (Å²) >= 11 is 0. The molecule has 3 aliphatic rings. The van der Waals surface area contributed by atoms with Crippen molar-refractivity contribution in [3.8, 4) is 23.0 Å². The van der Waals surface area contributed by atoms with Gasteiger partial charge >= 0.3 is 0 Å². The highest BCUT2D eigenvalue weighted by molar-refractivity contribution is 5.92. The Labute approximate surface area is 199 Å². The van der Waals surface area contributed by atoms with E-state index in [0.29, 0.717) is 36.0 Å². The first-order valence-electron chi connectivity index (χ1n) is 11.8. The standard InChI is InChI=1S/C27H31NO6/c1-31-19-8-9-20(23(16-19)32-2)26-21-5-3-4-12-27(21,30)13-14-28(26)25(29)11-7-18-6-10-22-24(15-18)34-17-33-22/h6-11,15-16,21,26,30H,3-5,12-14,17H2,1-2H3/b11-7+/t21-,26+,27+/m1/s1. The number of amides is 1. The Hall–Kier alpha value is -3.19. The van der Waals surface area contributed by atoms with E-state index in [-0.39, 0.29) is 24.7 Å². The molecule has 34 heavy (non-hydrogen) atoms. The number of hydrogen-bond acceptors (Lipinski definition) is 6. The highest BCUT2D eigenvalue weighted by Crippen LogP contribution is 2.51. The molecule has 1 saturated heterocycles. The van der Waals surface area contributed by atoms with E-state index >= 15 is 0 Å². The summed E-state index contributed by atoms with van der Waals surface area (Å²) in [4.78, 5) is 15.4. The Bertz CT molecular complexity index is 1100. The van der Waals surface area contributed by atoms with Crippen molar-refractivity contribution in [2.75, 3.05) is 27.6 Å². The molecule has 7 heteroatoms. The molecular weight excluding hydrogens is 434 g/mol. The van der Waals surface area contributed by atoms with Crippen molar-refractivity contribution in [3.63, 3.8) is 0 Å². The summed E-state index contributed by atoms with van der Waals surface area (Å²) < 4.78 is 21.9. The number of piperidine rings is 1. The molecular formula is C27H31NO6. The first-order chi connectivity index (χ1) is 16.5. The van der Waals surface area contributed by atoms with E-state index in [2.05, 4.69) is 0 Å². The highest BCUT2D eigenvalue weighted by Gasteiger charge is 2.50. The third-order valence-corrected chi connectivity index (χ3v) is 7.42. The van der Waals surface area contributed by atoms with Gasteiger partial charge in [-0.2, -0.15) is 0 Å². The maximum Gasteiger partial charge on any atom is 0.247 e. The maximum atomic E-state index is 13.5. The molecule has 1 amide bonds. The molecule has 1 saturated carbocycles. The monoisotopic (exact) mass is 465 g/mol. The van der Waals surface area contributed by atoms with Crippen molar-refractivity contribution in [1.29, 1.82) is 0 Å². The summed E-state index contributed by atoms with van der Waals surface area (Å²) in [6, 6.07) is 11.0. The highest BCUT2D eigenvalue weighted by atomic mass is 16.7. The van der Waals surface area contributed by atoms with Crippen LogP contribution in [-0.2, 0) is 4.79 Å². The normalized spacial score (nSPS) is 25.8. The second-order valence-corrected chi connectivity index (χ2v) is 9.24. The molecule has 5 rings (SSSR count). The van der Waals surface area contributed by atoms with Gasteiger partial charge in [0.2, 0.25) is 12.7 Å². The van der Waals surface area contributed by atoms with Gasteiger partial charge in [-0.15, -0.1) is 0 Å². The van der Waals surface area contributed by atoms with Crippen molar-refractivity contribution >= 4 is 12.0 Å². The predicted octanol–water partition coefficient (Wildman–Crippen LogP) is 4.34. The fourth-order valence-corrected chi connectivity index (χ4v) is 5.66. The van der Waals surface area contributed by atoms with Crippen LogP contribution in [0, 0.1) is 5.92 Å². The Morgan fingerprint density at radius 2 is 1.94 bits per heavy atom. The van der Waals surface area contributed by atoms with Gasteiger partial charge in [0, 0.05) is 30.2 Å². The molecule has 2 heterocycles. The number of likely N-dealkylation sites (tertiary alicyclic amines) is 1. The SMILES string of the molecule is COc1ccc([C@H]2[C@H]3CCCC[C@]3(O)CCN2C(=O)/C=C/c2ccc3c(c2)OCO3)c(OC)c1. The van der Waals surface area contributed by atoms with Crippen LogP contribution in [0.15, 0.2) is 42.5 Å². The molecule has 2 aromatic rings. The zero-order valence-corrected chi connectivity index (χ0v) is 19.7. The molecule has 2 aliphatic heterocycles. The number of rotatable bonds is 5. The topological polar surface area (TPSA) is 77.5 Å². The summed E-state index contributed by atoms with van der Waals surface area (Å²) in [5.74, 6) is 2.60. The Morgan fingerprint density at radius 1 is 1.09 bits per heavy atom. The predicted molar refractivity (Wildman–Crippen MR) is 127 cm³/mol. The van der Waals surface area contributed by atoms with Crippen molar-refractivity contribution in [2.45, 2.75) is 43.7 Å². The van der Waals surface area contributed by atoms with Gasteiger partial charge in [-0.3, -0.25) is 4.79 Å². The number of fused-ring (bicyclic) bond motifs is 2. The molecule has 2 aromatic carbocycles. The maximum absolute atomic E-state index is 13.5. The van der Waals surface area contributed by atoms with E-state index in [1.165, 1.54) is 0 Å². The van der Waals surface area contributed by atoms with Crippen molar-refractivity contribution in [3.05, 3.63) is 53.6 Å². The van der Waals surface area contributed by atoms with Gasteiger partial charge in [0.25, 0.3) is 0 Å². The lowest BCUT2D eigenvalue weighted by Gasteiger charge is -2.52. The quantitative estimate of drug-likeness (QED) is 0.662. The minimum atomic E-state index is -0.772. The summed E-state index contributed by atoms with van der Waals surface area (Å²) in [6.07, 6.45) is 7.67. The van der Waals surface area contributed by atoms with Gasteiger partial charge in [-0.05, 0) is 55.2 Å². The molecule has 0 bridgehead atoms. The summed E-state index contributed by atoms with van der Waals surface area (Å²) in [7, 11) is 3.24. The van der Waals surface area contributed by atoms with Crippen molar-refractivity contribution in [2.24, 2.45) is 5.92 Å².